The molecule has 4 nitrogen and oxygen atoms in total. The van der Waals surface area contributed by atoms with Crippen LogP contribution in [0.1, 0.15) is 46.8 Å². The van der Waals surface area contributed by atoms with Crippen molar-refractivity contribution < 1.29 is 4.79 Å². The molecule has 0 spiro atoms. The number of carbonyl (C=O) groups is 1. The van der Waals surface area contributed by atoms with Crippen molar-refractivity contribution in [2.75, 3.05) is 20.1 Å². The predicted octanol–water partition coefficient (Wildman–Crippen LogP) is 3.62. The van der Waals surface area contributed by atoms with Crippen molar-refractivity contribution in [2.24, 2.45) is 0 Å². The van der Waals surface area contributed by atoms with Crippen LogP contribution in [0.4, 0.5) is 0 Å². The van der Waals surface area contributed by atoms with E-state index >= 15 is 0 Å². The second-order valence-electron chi connectivity index (χ2n) is 7.00. The minimum Gasteiger partial charge on any atom is -0.337 e. The molecule has 2 aliphatic rings. The van der Waals surface area contributed by atoms with E-state index in [0.717, 1.165) is 51.7 Å². The molecule has 1 saturated heterocycles. The molecule has 1 amide bonds. The molecule has 1 atom stereocenters. The summed E-state index contributed by atoms with van der Waals surface area (Å²) in [6, 6.07) is 6.32. The Morgan fingerprint density at radius 1 is 1.33 bits per heavy atom. The number of nitrogens with one attached hydrogen (secondary N) is 1. The van der Waals surface area contributed by atoms with E-state index in [4.69, 9.17) is 4.98 Å². The van der Waals surface area contributed by atoms with Crippen molar-refractivity contribution in [3.8, 4) is 0 Å². The molecule has 0 bridgehead atoms. The second kappa shape index (κ2) is 6.12. The van der Waals surface area contributed by atoms with Gasteiger partial charge in [0, 0.05) is 41.1 Å². The lowest BCUT2D eigenvalue weighted by Crippen LogP contribution is -2.38. The number of nitrogens with zero attached hydrogens (tertiary/aromatic N) is 2. The monoisotopic (exact) mass is 387 g/mol. The molecule has 1 aromatic carbocycles. The van der Waals surface area contributed by atoms with Crippen LogP contribution in [0.3, 0.4) is 0 Å². The van der Waals surface area contributed by atoms with Gasteiger partial charge in [0.1, 0.15) is 0 Å². The van der Waals surface area contributed by atoms with Crippen molar-refractivity contribution in [3.05, 3.63) is 39.5 Å². The fraction of sp³-hybridized carbons (Fsp3) is 0.474. The third kappa shape index (κ3) is 2.74. The van der Waals surface area contributed by atoms with Crippen LogP contribution in [0.15, 0.2) is 22.7 Å². The van der Waals surface area contributed by atoms with Gasteiger partial charge in [-0.1, -0.05) is 15.9 Å². The van der Waals surface area contributed by atoms with E-state index in [1.165, 1.54) is 12.8 Å². The molecule has 5 heteroatoms. The van der Waals surface area contributed by atoms with Gasteiger partial charge in [0.05, 0.1) is 11.1 Å². The first-order valence-corrected chi connectivity index (χ1v) is 9.43. The highest BCUT2D eigenvalue weighted by atomic mass is 79.9. The highest BCUT2D eigenvalue weighted by Crippen LogP contribution is 2.42. The molecule has 1 aliphatic heterocycles. The van der Waals surface area contributed by atoms with Gasteiger partial charge >= 0.3 is 0 Å². The summed E-state index contributed by atoms with van der Waals surface area (Å²) in [7, 11) is 1.93. The average molecular weight is 388 g/mol. The summed E-state index contributed by atoms with van der Waals surface area (Å²) in [4.78, 5) is 20.1. The predicted molar refractivity (Wildman–Crippen MR) is 99.5 cm³/mol. The lowest BCUT2D eigenvalue weighted by atomic mass is 9.98. The molecule has 0 radical (unpaired) electrons. The van der Waals surface area contributed by atoms with E-state index < -0.39 is 0 Å². The zero-order valence-electron chi connectivity index (χ0n) is 14.1. The van der Waals surface area contributed by atoms with Crippen LogP contribution in [-0.4, -0.2) is 42.0 Å². The molecule has 2 fully saturated rings. The highest BCUT2D eigenvalue weighted by molar-refractivity contribution is 9.10. The van der Waals surface area contributed by atoms with Crippen LogP contribution in [0.25, 0.3) is 10.9 Å². The van der Waals surface area contributed by atoms with Crippen molar-refractivity contribution in [1.82, 2.24) is 15.2 Å². The number of likely N-dealkylation sites (N-methyl/N-ethyl adjacent to an activating group) is 1. The maximum Gasteiger partial charge on any atom is 0.254 e. The topological polar surface area (TPSA) is 45.2 Å². The van der Waals surface area contributed by atoms with Crippen molar-refractivity contribution >= 4 is 32.7 Å². The van der Waals surface area contributed by atoms with E-state index in [1.807, 2.05) is 30.1 Å². The largest absolute Gasteiger partial charge is 0.337 e. The molecule has 1 unspecified atom stereocenters. The molecule has 2 heterocycles. The van der Waals surface area contributed by atoms with Crippen molar-refractivity contribution in [1.29, 1.82) is 0 Å². The Labute approximate surface area is 150 Å². The van der Waals surface area contributed by atoms with E-state index in [2.05, 4.69) is 28.2 Å². The highest BCUT2D eigenvalue weighted by Gasteiger charge is 2.32. The van der Waals surface area contributed by atoms with E-state index in [-0.39, 0.29) is 11.9 Å². The van der Waals surface area contributed by atoms with Gasteiger partial charge in [-0.15, -0.1) is 0 Å². The first-order valence-electron chi connectivity index (χ1n) is 8.64. The van der Waals surface area contributed by atoms with Gasteiger partial charge in [0.25, 0.3) is 5.91 Å². The van der Waals surface area contributed by atoms with Crippen LogP contribution in [0.2, 0.25) is 0 Å². The Balaban J connectivity index is 1.86. The van der Waals surface area contributed by atoms with E-state index in [0.29, 0.717) is 5.92 Å². The molecular formula is C19H22BrN3O. The summed E-state index contributed by atoms with van der Waals surface area (Å²) in [6.07, 6.45) is 3.39. The van der Waals surface area contributed by atoms with Gasteiger partial charge in [-0.3, -0.25) is 9.78 Å². The number of carbonyl (C=O) groups excluding carboxylic acids is 1. The zero-order valence-corrected chi connectivity index (χ0v) is 15.7. The Morgan fingerprint density at radius 2 is 2.12 bits per heavy atom. The molecular weight excluding hydrogens is 366 g/mol. The van der Waals surface area contributed by atoms with Crippen LogP contribution in [-0.2, 0) is 0 Å². The normalized spacial score (nSPS) is 20.5. The smallest absolute Gasteiger partial charge is 0.254 e. The lowest BCUT2D eigenvalue weighted by molar-refractivity contribution is 0.0745. The molecule has 2 aromatic rings. The number of hydrogen-bond acceptors (Lipinski definition) is 3. The van der Waals surface area contributed by atoms with Crippen molar-refractivity contribution in [3.63, 3.8) is 0 Å². The Morgan fingerprint density at radius 3 is 2.79 bits per heavy atom. The maximum absolute atomic E-state index is 13.3. The number of halogens is 1. The first kappa shape index (κ1) is 16.0. The number of aromatic nitrogens is 1. The number of rotatable bonds is 3. The lowest BCUT2D eigenvalue weighted by Gasteiger charge is -2.26. The summed E-state index contributed by atoms with van der Waals surface area (Å²) < 4.78 is 0.981. The molecule has 1 aromatic heterocycles. The third-order valence-corrected chi connectivity index (χ3v) is 5.80. The van der Waals surface area contributed by atoms with Gasteiger partial charge < -0.3 is 10.2 Å². The second-order valence-corrected chi connectivity index (χ2v) is 7.91. The number of pyridine rings is 1. The number of hydrogen-bond donors (Lipinski definition) is 1. The third-order valence-electron chi connectivity index (χ3n) is 5.31. The van der Waals surface area contributed by atoms with Crippen LogP contribution in [0.5, 0.6) is 0 Å². The minimum absolute atomic E-state index is 0.119. The average Bonchev–Trinajstić information content (AvgIpc) is 3.26. The number of benzene rings is 1. The van der Waals surface area contributed by atoms with E-state index in [1.54, 1.807) is 0 Å². The summed E-state index contributed by atoms with van der Waals surface area (Å²) in [6.45, 7) is 3.93. The summed E-state index contributed by atoms with van der Waals surface area (Å²) >= 11 is 3.54. The Kier molecular flexibility index (Phi) is 4.09. The number of amides is 1. The molecule has 1 aliphatic carbocycles. The standard InChI is InChI=1S/C19H22BrN3O/c1-11-17(19(24)23(2)14-7-8-21-10-14)15-9-13(20)5-6-16(15)22-18(11)12-3-4-12/h5-6,9,12,14,21H,3-4,7-8,10H2,1-2H3. The molecule has 1 saturated carbocycles. The zero-order chi connectivity index (χ0) is 16.8. The number of fused-ring (bicyclic) bond motifs is 1. The summed E-state index contributed by atoms with van der Waals surface area (Å²) in [5.41, 5.74) is 3.93. The van der Waals surface area contributed by atoms with Crippen LogP contribution >= 0.6 is 15.9 Å². The van der Waals surface area contributed by atoms with Crippen LogP contribution < -0.4 is 5.32 Å². The SMILES string of the molecule is Cc1c(C2CC2)nc2ccc(Br)cc2c1C(=O)N(C)C1CCNC1. The van der Waals surface area contributed by atoms with Gasteiger partial charge in [-0.25, -0.2) is 0 Å². The minimum atomic E-state index is 0.119. The maximum atomic E-state index is 13.3. The quantitative estimate of drug-likeness (QED) is 0.874. The van der Waals surface area contributed by atoms with Crippen LogP contribution in [0, 0.1) is 6.92 Å². The Bertz CT molecular complexity index is 810. The molecule has 24 heavy (non-hydrogen) atoms. The first-order chi connectivity index (χ1) is 11.6. The van der Waals surface area contributed by atoms with Gasteiger partial charge in [0.2, 0.25) is 0 Å². The van der Waals surface area contributed by atoms with Crippen molar-refractivity contribution in [2.45, 2.75) is 38.1 Å². The summed E-state index contributed by atoms with van der Waals surface area (Å²) in [5.74, 6) is 0.650. The van der Waals surface area contributed by atoms with Gasteiger partial charge in [-0.05, 0) is 56.5 Å². The Hall–Kier alpha value is -1.46. The molecule has 4 rings (SSSR count). The molecule has 1 N–H and O–H groups in total. The van der Waals surface area contributed by atoms with E-state index in [9.17, 15) is 4.79 Å². The fourth-order valence-electron chi connectivity index (χ4n) is 3.69. The van der Waals surface area contributed by atoms with Gasteiger partial charge in [-0.2, -0.15) is 0 Å². The summed E-state index contributed by atoms with van der Waals surface area (Å²) in [5, 5.41) is 4.30. The van der Waals surface area contributed by atoms with Gasteiger partial charge in [0.15, 0.2) is 0 Å². The fourth-order valence-corrected chi connectivity index (χ4v) is 4.05. The molecule has 126 valence electrons.